The molecule has 7 nitrogen and oxygen atoms in total. The van der Waals surface area contributed by atoms with Crippen molar-refractivity contribution in [2.75, 3.05) is 18.5 Å². The Bertz CT molecular complexity index is 1010. The van der Waals surface area contributed by atoms with Gasteiger partial charge in [0, 0.05) is 11.3 Å². The van der Waals surface area contributed by atoms with Gasteiger partial charge in [0.05, 0.1) is 25.5 Å². The van der Waals surface area contributed by atoms with Gasteiger partial charge in [-0.05, 0) is 74.9 Å². The fourth-order valence-corrected chi connectivity index (χ4v) is 3.01. The van der Waals surface area contributed by atoms with Gasteiger partial charge in [0.2, 0.25) is 0 Å². The quantitative estimate of drug-likeness (QED) is 0.516. The van der Waals surface area contributed by atoms with Crippen LogP contribution in [0.1, 0.15) is 53.3 Å². The first-order valence-corrected chi connectivity index (χ1v) is 10.2. The summed E-state index contributed by atoms with van der Waals surface area (Å²) >= 11 is 0. The topological polar surface area (TPSA) is 89.8 Å². The van der Waals surface area contributed by atoms with Gasteiger partial charge < -0.3 is 24.5 Å². The molecule has 1 atom stereocenters. The summed E-state index contributed by atoms with van der Waals surface area (Å²) in [6.45, 7) is 6.80. The standard InChI is InChI=1S/C24H26N2O5/c1-4-29-20-13-10-18(15-22(20)30-5-2)16(3)25-23(27)17-8-11-19(12-9-17)26-24(28)21-7-6-14-31-21/h6-16H,4-5H2,1-3H3,(H,25,27)(H,26,28). The molecule has 0 radical (unpaired) electrons. The average Bonchev–Trinajstić information content (AvgIpc) is 3.31. The molecule has 0 spiro atoms. The van der Waals surface area contributed by atoms with E-state index in [0.717, 1.165) is 5.56 Å². The van der Waals surface area contributed by atoms with E-state index in [9.17, 15) is 9.59 Å². The van der Waals surface area contributed by atoms with E-state index in [1.165, 1.54) is 6.26 Å². The normalized spacial score (nSPS) is 11.5. The van der Waals surface area contributed by atoms with Crippen molar-refractivity contribution in [2.45, 2.75) is 26.8 Å². The Morgan fingerprint density at radius 3 is 2.29 bits per heavy atom. The average molecular weight is 422 g/mol. The SMILES string of the molecule is CCOc1ccc(C(C)NC(=O)c2ccc(NC(=O)c3ccco3)cc2)cc1OCC. The van der Waals surface area contributed by atoms with Crippen LogP contribution in [-0.2, 0) is 0 Å². The molecule has 0 saturated heterocycles. The fraction of sp³-hybridized carbons (Fsp3) is 0.250. The second-order valence-electron chi connectivity index (χ2n) is 6.78. The van der Waals surface area contributed by atoms with Crippen molar-refractivity contribution in [2.24, 2.45) is 0 Å². The van der Waals surface area contributed by atoms with E-state index in [-0.39, 0.29) is 23.6 Å². The molecular weight excluding hydrogens is 396 g/mol. The number of furan rings is 1. The number of carbonyl (C=O) groups excluding carboxylic acids is 2. The van der Waals surface area contributed by atoms with Gasteiger partial charge in [-0.2, -0.15) is 0 Å². The van der Waals surface area contributed by atoms with Crippen molar-refractivity contribution in [3.63, 3.8) is 0 Å². The zero-order valence-electron chi connectivity index (χ0n) is 17.8. The Morgan fingerprint density at radius 1 is 0.935 bits per heavy atom. The number of hydrogen-bond acceptors (Lipinski definition) is 5. The van der Waals surface area contributed by atoms with Gasteiger partial charge in [0.15, 0.2) is 17.3 Å². The lowest BCUT2D eigenvalue weighted by molar-refractivity contribution is 0.0939. The molecule has 2 aromatic carbocycles. The van der Waals surface area contributed by atoms with Crippen LogP contribution in [0.2, 0.25) is 0 Å². The van der Waals surface area contributed by atoms with E-state index in [0.29, 0.717) is 36.0 Å². The first-order chi connectivity index (χ1) is 15.0. The number of amides is 2. The molecule has 0 aliphatic heterocycles. The van der Waals surface area contributed by atoms with Gasteiger partial charge >= 0.3 is 0 Å². The molecule has 2 amide bonds. The lowest BCUT2D eigenvalue weighted by Gasteiger charge is -2.17. The third-order valence-electron chi connectivity index (χ3n) is 4.56. The van der Waals surface area contributed by atoms with E-state index in [1.807, 2.05) is 39.0 Å². The summed E-state index contributed by atoms with van der Waals surface area (Å²) in [4.78, 5) is 24.7. The maximum atomic E-state index is 12.7. The zero-order valence-corrected chi connectivity index (χ0v) is 17.8. The van der Waals surface area contributed by atoms with E-state index in [4.69, 9.17) is 13.9 Å². The van der Waals surface area contributed by atoms with E-state index >= 15 is 0 Å². The van der Waals surface area contributed by atoms with Crippen LogP contribution in [0.3, 0.4) is 0 Å². The number of anilines is 1. The molecule has 3 aromatic rings. The van der Waals surface area contributed by atoms with Crippen LogP contribution in [-0.4, -0.2) is 25.0 Å². The number of benzene rings is 2. The molecule has 7 heteroatoms. The molecule has 162 valence electrons. The molecule has 1 unspecified atom stereocenters. The fourth-order valence-electron chi connectivity index (χ4n) is 3.01. The predicted molar refractivity (Wildman–Crippen MR) is 118 cm³/mol. The van der Waals surface area contributed by atoms with Gasteiger partial charge in [-0.3, -0.25) is 9.59 Å². The Morgan fingerprint density at radius 2 is 1.65 bits per heavy atom. The summed E-state index contributed by atoms with van der Waals surface area (Å²) in [6, 6.07) is 15.3. The Balaban J connectivity index is 1.64. The van der Waals surface area contributed by atoms with Gasteiger partial charge in [-0.15, -0.1) is 0 Å². The second-order valence-corrected chi connectivity index (χ2v) is 6.78. The molecule has 0 aliphatic carbocycles. The van der Waals surface area contributed by atoms with Gasteiger partial charge in [0.25, 0.3) is 11.8 Å². The molecule has 0 bridgehead atoms. The third kappa shape index (κ3) is 5.66. The highest BCUT2D eigenvalue weighted by Crippen LogP contribution is 2.30. The first-order valence-electron chi connectivity index (χ1n) is 10.2. The van der Waals surface area contributed by atoms with Gasteiger partial charge in [0.1, 0.15) is 0 Å². The smallest absolute Gasteiger partial charge is 0.291 e. The maximum absolute atomic E-state index is 12.7. The van der Waals surface area contributed by atoms with Crippen molar-refractivity contribution >= 4 is 17.5 Å². The highest BCUT2D eigenvalue weighted by molar-refractivity contribution is 6.02. The Labute approximate surface area is 181 Å². The monoisotopic (exact) mass is 422 g/mol. The molecule has 0 fully saturated rings. The number of nitrogens with one attached hydrogen (secondary N) is 2. The van der Waals surface area contributed by atoms with Crippen LogP contribution < -0.4 is 20.1 Å². The highest BCUT2D eigenvalue weighted by Gasteiger charge is 2.15. The summed E-state index contributed by atoms with van der Waals surface area (Å²) in [5.41, 5.74) is 1.96. The number of hydrogen-bond donors (Lipinski definition) is 2. The summed E-state index contributed by atoms with van der Waals surface area (Å²) in [5.74, 6) is 0.982. The molecular formula is C24H26N2O5. The summed E-state index contributed by atoms with van der Waals surface area (Å²) in [6.07, 6.45) is 1.44. The maximum Gasteiger partial charge on any atom is 0.291 e. The molecule has 3 rings (SSSR count). The largest absolute Gasteiger partial charge is 0.490 e. The predicted octanol–water partition coefficient (Wildman–Crippen LogP) is 4.82. The van der Waals surface area contributed by atoms with Crippen LogP contribution in [0.5, 0.6) is 11.5 Å². The molecule has 1 aromatic heterocycles. The van der Waals surface area contributed by atoms with Crippen molar-refractivity contribution < 1.29 is 23.5 Å². The van der Waals surface area contributed by atoms with Crippen LogP contribution >= 0.6 is 0 Å². The number of rotatable bonds is 9. The molecule has 0 aliphatic rings. The van der Waals surface area contributed by atoms with Crippen molar-refractivity contribution in [1.29, 1.82) is 0 Å². The van der Waals surface area contributed by atoms with Crippen LogP contribution in [0, 0.1) is 0 Å². The number of ether oxygens (including phenoxy) is 2. The third-order valence-corrected chi connectivity index (χ3v) is 4.56. The zero-order chi connectivity index (χ0) is 22.2. The first kappa shape index (κ1) is 22.0. The molecule has 31 heavy (non-hydrogen) atoms. The molecule has 1 heterocycles. The van der Waals surface area contributed by atoms with Crippen molar-refractivity contribution in [3.8, 4) is 11.5 Å². The summed E-state index contributed by atoms with van der Waals surface area (Å²) in [5, 5.41) is 5.70. The minimum atomic E-state index is -0.351. The highest BCUT2D eigenvalue weighted by atomic mass is 16.5. The summed E-state index contributed by atoms with van der Waals surface area (Å²) < 4.78 is 16.3. The second kappa shape index (κ2) is 10.3. The number of carbonyl (C=O) groups is 2. The van der Waals surface area contributed by atoms with Crippen molar-refractivity contribution in [1.82, 2.24) is 5.32 Å². The van der Waals surface area contributed by atoms with Crippen LogP contribution in [0.25, 0.3) is 0 Å². The lowest BCUT2D eigenvalue weighted by Crippen LogP contribution is -2.26. The van der Waals surface area contributed by atoms with Gasteiger partial charge in [-0.1, -0.05) is 6.07 Å². The van der Waals surface area contributed by atoms with Crippen LogP contribution in [0.4, 0.5) is 5.69 Å². The molecule has 2 N–H and O–H groups in total. The van der Waals surface area contributed by atoms with E-state index in [1.54, 1.807) is 36.4 Å². The molecule has 0 saturated carbocycles. The van der Waals surface area contributed by atoms with Crippen LogP contribution in [0.15, 0.2) is 65.3 Å². The Kier molecular flexibility index (Phi) is 7.32. The Hall–Kier alpha value is -3.74. The minimum Gasteiger partial charge on any atom is -0.490 e. The van der Waals surface area contributed by atoms with E-state index < -0.39 is 0 Å². The summed E-state index contributed by atoms with van der Waals surface area (Å²) in [7, 11) is 0. The van der Waals surface area contributed by atoms with Gasteiger partial charge in [-0.25, -0.2) is 0 Å². The van der Waals surface area contributed by atoms with E-state index in [2.05, 4.69) is 10.6 Å². The lowest BCUT2D eigenvalue weighted by atomic mass is 10.1. The van der Waals surface area contributed by atoms with Crippen molar-refractivity contribution in [3.05, 3.63) is 77.7 Å². The minimum absolute atomic E-state index is 0.219.